The van der Waals surface area contributed by atoms with E-state index in [0.717, 1.165) is 23.9 Å². The summed E-state index contributed by atoms with van der Waals surface area (Å²) in [6, 6.07) is 26.3. The molecule has 1 aliphatic rings. The van der Waals surface area contributed by atoms with Gasteiger partial charge < -0.3 is 0 Å². The third-order valence-electron chi connectivity index (χ3n) is 6.53. The van der Waals surface area contributed by atoms with Crippen LogP contribution in [0.15, 0.2) is 82.8 Å². The number of fused-ring (bicyclic) bond motifs is 1. The number of rotatable bonds is 6. The Kier molecular flexibility index (Phi) is 6.69. The summed E-state index contributed by atoms with van der Waals surface area (Å²) in [5, 5.41) is 2.30. The van der Waals surface area contributed by atoms with Gasteiger partial charge in [-0.05, 0) is 47.9 Å². The van der Waals surface area contributed by atoms with Gasteiger partial charge in [-0.3, -0.25) is 9.98 Å². The second-order valence-electron chi connectivity index (χ2n) is 9.17. The van der Waals surface area contributed by atoms with Crippen molar-refractivity contribution in [2.24, 2.45) is 15.9 Å². The second-order valence-corrected chi connectivity index (χ2v) is 9.17. The molecule has 0 amide bonds. The largest absolute Gasteiger partial charge is 0.279 e. The van der Waals surface area contributed by atoms with E-state index in [1.54, 1.807) is 0 Å². The van der Waals surface area contributed by atoms with Crippen LogP contribution in [-0.4, -0.2) is 11.8 Å². The first-order valence-electron chi connectivity index (χ1n) is 11.9. The van der Waals surface area contributed by atoms with E-state index in [9.17, 15) is 0 Å². The summed E-state index contributed by atoms with van der Waals surface area (Å²) in [7, 11) is 0. The van der Waals surface area contributed by atoms with Crippen molar-refractivity contribution in [3.05, 3.63) is 100 Å². The average Bonchev–Trinajstić information content (AvgIpc) is 2.82. The van der Waals surface area contributed by atoms with Crippen LogP contribution >= 0.6 is 0 Å². The topological polar surface area (TPSA) is 24.7 Å². The van der Waals surface area contributed by atoms with Crippen LogP contribution in [0.3, 0.4) is 0 Å². The second kappa shape index (κ2) is 9.65. The molecule has 3 aromatic carbocycles. The molecule has 32 heavy (non-hydrogen) atoms. The minimum atomic E-state index is 0.234. The zero-order chi connectivity index (χ0) is 22.7. The highest BCUT2D eigenvalue weighted by atomic mass is 14.8. The molecule has 2 atom stereocenters. The molecule has 0 spiro atoms. The van der Waals surface area contributed by atoms with Crippen molar-refractivity contribution in [2.75, 3.05) is 0 Å². The van der Waals surface area contributed by atoms with Crippen LogP contribution in [0.4, 0.5) is 5.69 Å². The molecule has 0 fully saturated rings. The first kappa shape index (κ1) is 22.2. The Balaban J connectivity index is 2.05. The summed E-state index contributed by atoms with van der Waals surface area (Å²) in [6.07, 6.45) is 1.91. The predicted octanol–water partition coefficient (Wildman–Crippen LogP) is 6.59. The van der Waals surface area contributed by atoms with E-state index in [-0.39, 0.29) is 12.0 Å². The summed E-state index contributed by atoms with van der Waals surface area (Å²) in [4.78, 5) is 10.5. The number of hydrogen-bond acceptors (Lipinski definition) is 2. The van der Waals surface area contributed by atoms with Gasteiger partial charge in [0.1, 0.15) is 0 Å². The van der Waals surface area contributed by atoms with Gasteiger partial charge in [0.05, 0.1) is 17.1 Å². The fourth-order valence-electron chi connectivity index (χ4n) is 4.70. The van der Waals surface area contributed by atoms with E-state index in [0.29, 0.717) is 5.92 Å². The van der Waals surface area contributed by atoms with Crippen molar-refractivity contribution in [3.8, 4) is 0 Å². The third-order valence-corrected chi connectivity index (χ3v) is 6.53. The van der Waals surface area contributed by atoms with Crippen molar-refractivity contribution in [1.29, 1.82) is 0 Å². The summed E-state index contributed by atoms with van der Waals surface area (Å²) in [5.74, 6) is 0.660. The Hall–Kier alpha value is -3.00. The number of aliphatic imine (C=N–C) groups is 1. The van der Waals surface area contributed by atoms with Crippen molar-refractivity contribution in [1.82, 2.24) is 0 Å². The van der Waals surface area contributed by atoms with Crippen molar-refractivity contribution < 1.29 is 0 Å². The SMILES string of the molecule is CC/C(=N/c1c(C(C)c2ccccc2)ccc2c1=N[C@@H](C)CC=2c1ccccc1)C(C)C. The van der Waals surface area contributed by atoms with Crippen LogP contribution < -0.4 is 10.6 Å². The summed E-state index contributed by atoms with van der Waals surface area (Å²) >= 11 is 0. The highest BCUT2D eigenvalue weighted by Gasteiger charge is 2.20. The third kappa shape index (κ3) is 4.46. The number of benzene rings is 3. The van der Waals surface area contributed by atoms with Gasteiger partial charge >= 0.3 is 0 Å². The molecule has 1 heterocycles. The van der Waals surface area contributed by atoms with Gasteiger partial charge in [0.2, 0.25) is 0 Å². The van der Waals surface area contributed by atoms with E-state index in [1.165, 1.54) is 33.2 Å². The van der Waals surface area contributed by atoms with Crippen LogP contribution in [0.25, 0.3) is 5.57 Å². The lowest BCUT2D eigenvalue weighted by Gasteiger charge is -2.21. The van der Waals surface area contributed by atoms with Crippen LogP contribution in [0.1, 0.15) is 70.1 Å². The standard InChI is InChI=1S/C30H34N2/c1-6-28(20(2)3)32-29-25(22(5)23-13-9-7-10-14-23)17-18-26-27(19-21(4)31-30(26)29)24-15-11-8-12-16-24/h7-18,20-22H,6,19H2,1-5H3/b32-28-/t21-,22?/m0/s1. The first-order valence-corrected chi connectivity index (χ1v) is 11.9. The highest BCUT2D eigenvalue weighted by molar-refractivity contribution is 5.88. The van der Waals surface area contributed by atoms with E-state index >= 15 is 0 Å². The van der Waals surface area contributed by atoms with Gasteiger partial charge in [-0.15, -0.1) is 0 Å². The van der Waals surface area contributed by atoms with Gasteiger partial charge in [0.25, 0.3) is 0 Å². The molecule has 2 nitrogen and oxygen atoms in total. The van der Waals surface area contributed by atoms with E-state index in [2.05, 4.69) is 107 Å². The molecule has 2 heteroatoms. The van der Waals surface area contributed by atoms with Gasteiger partial charge in [-0.2, -0.15) is 0 Å². The zero-order valence-corrected chi connectivity index (χ0v) is 20.0. The normalized spacial score (nSPS) is 17.1. The zero-order valence-electron chi connectivity index (χ0n) is 20.0. The summed E-state index contributed by atoms with van der Waals surface area (Å²) < 4.78 is 0. The molecular weight excluding hydrogens is 388 g/mol. The minimum Gasteiger partial charge on any atom is -0.279 e. The van der Waals surface area contributed by atoms with Crippen molar-refractivity contribution in [2.45, 2.75) is 59.4 Å². The molecular formula is C30H34N2. The van der Waals surface area contributed by atoms with E-state index < -0.39 is 0 Å². The smallest absolute Gasteiger partial charge is 0.0925 e. The van der Waals surface area contributed by atoms with Gasteiger partial charge in [-0.1, -0.05) is 100 Å². The molecule has 0 saturated heterocycles. The van der Waals surface area contributed by atoms with Crippen LogP contribution in [0.5, 0.6) is 0 Å². The minimum absolute atomic E-state index is 0.234. The fourth-order valence-corrected chi connectivity index (χ4v) is 4.70. The van der Waals surface area contributed by atoms with Crippen LogP contribution in [-0.2, 0) is 0 Å². The number of hydrogen-bond donors (Lipinski definition) is 0. The Morgan fingerprint density at radius 2 is 1.59 bits per heavy atom. The Labute approximate surface area is 192 Å². The molecule has 0 bridgehead atoms. The quantitative estimate of drug-likeness (QED) is 0.401. The molecule has 0 aliphatic carbocycles. The maximum Gasteiger partial charge on any atom is 0.0925 e. The van der Waals surface area contributed by atoms with Gasteiger partial charge in [0.15, 0.2) is 0 Å². The summed E-state index contributed by atoms with van der Waals surface area (Å²) in [6.45, 7) is 11.2. The lowest BCUT2D eigenvalue weighted by atomic mass is 9.88. The lowest BCUT2D eigenvalue weighted by molar-refractivity contribution is 0.725. The Morgan fingerprint density at radius 1 is 0.938 bits per heavy atom. The molecule has 164 valence electrons. The first-order chi connectivity index (χ1) is 15.5. The van der Waals surface area contributed by atoms with Crippen LogP contribution in [0, 0.1) is 5.92 Å². The number of nitrogens with zero attached hydrogens (tertiary/aromatic N) is 2. The van der Waals surface area contributed by atoms with E-state index in [4.69, 9.17) is 9.98 Å². The highest BCUT2D eigenvalue weighted by Crippen LogP contribution is 2.31. The average molecular weight is 423 g/mol. The maximum atomic E-state index is 5.31. The molecule has 4 rings (SSSR count). The molecule has 0 radical (unpaired) electrons. The molecule has 3 aromatic rings. The van der Waals surface area contributed by atoms with Crippen molar-refractivity contribution in [3.63, 3.8) is 0 Å². The monoisotopic (exact) mass is 422 g/mol. The van der Waals surface area contributed by atoms with Gasteiger partial charge in [0, 0.05) is 16.8 Å². The Morgan fingerprint density at radius 3 is 2.22 bits per heavy atom. The molecule has 0 N–H and O–H groups in total. The maximum absolute atomic E-state index is 5.31. The molecule has 1 unspecified atom stereocenters. The fraction of sp³-hybridized carbons (Fsp3) is 0.333. The predicted molar refractivity (Wildman–Crippen MR) is 136 cm³/mol. The van der Waals surface area contributed by atoms with Crippen LogP contribution in [0.2, 0.25) is 0 Å². The molecule has 1 aliphatic heterocycles. The summed E-state index contributed by atoms with van der Waals surface area (Å²) in [5.41, 5.74) is 7.52. The van der Waals surface area contributed by atoms with E-state index in [1.807, 2.05) is 0 Å². The molecule has 0 saturated carbocycles. The van der Waals surface area contributed by atoms with Crippen molar-refractivity contribution >= 4 is 17.0 Å². The Bertz CT molecular complexity index is 1220. The lowest BCUT2D eigenvalue weighted by Crippen LogP contribution is -2.35. The van der Waals surface area contributed by atoms with Gasteiger partial charge in [-0.25, -0.2) is 0 Å². The molecule has 0 aromatic heterocycles.